The smallest absolute Gasteiger partial charge is 0.167 e. The van der Waals surface area contributed by atoms with Crippen molar-refractivity contribution in [3.63, 3.8) is 0 Å². The van der Waals surface area contributed by atoms with Crippen LogP contribution in [0.2, 0.25) is 0 Å². The van der Waals surface area contributed by atoms with Gasteiger partial charge in [-0.1, -0.05) is 86.9 Å². The van der Waals surface area contributed by atoms with Crippen molar-refractivity contribution in [3.05, 3.63) is 102 Å². The molecule has 2 aliphatic carbocycles. The molecule has 1 fully saturated rings. The van der Waals surface area contributed by atoms with E-state index in [-0.39, 0.29) is 11.1 Å². The van der Waals surface area contributed by atoms with Crippen molar-refractivity contribution in [2.75, 3.05) is 0 Å². The van der Waals surface area contributed by atoms with Crippen LogP contribution in [0.25, 0.3) is 27.8 Å². The Morgan fingerprint density at radius 2 is 1.31 bits per heavy atom. The molecule has 0 spiro atoms. The maximum Gasteiger partial charge on any atom is 0.167 e. The third-order valence-electron chi connectivity index (χ3n) is 9.69. The minimum absolute atomic E-state index is 0.157. The Morgan fingerprint density at radius 3 is 1.90 bits per heavy atom. The van der Waals surface area contributed by atoms with Gasteiger partial charge in [0.15, 0.2) is 23.3 Å². The lowest BCUT2D eigenvalue weighted by molar-refractivity contribution is 0.190. The van der Waals surface area contributed by atoms with Crippen LogP contribution < -0.4 is 0 Å². The van der Waals surface area contributed by atoms with E-state index in [0.717, 1.165) is 55.9 Å². The second kappa shape index (κ2) is 13.9. The monoisotopic (exact) mass is 574 g/mol. The summed E-state index contributed by atoms with van der Waals surface area (Å²) in [4.78, 5) is 0. The molecular formula is C38H42F4. The van der Waals surface area contributed by atoms with Crippen LogP contribution in [0.1, 0.15) is 88.7 Å². The molecule has 0 nitrogen and oxygen atoms in total. The van der Waals surface area contributed by atoms with E-state index < -0.39 is 23.3 Å². The molecule has 2 aliphatic rings. The quantitative estimate of drug-likeness (QED) is 0.167. The van der Waals surface area contributed by atoms with E-state index in [9.17, 15) is 8.78 Å². The molecule has 0 amide bonds. The molecule has 4 heteroatoms. The third kappa shape index (κ3) is 6.58. The highest BCUT2D eigenvalue weighted by Crippen LogP contribution is 2.43. The first-order valence-corrected chi connectivity index (χ1v) is 15.8. The second-order valence-electron chi connectivity index (χ2n) is 12.3. The Labute approximate surface area is 248 Å². The predicted octanol–water partition coefficient (Wildman–Crippen LogP) is 11.9. The second-order valence-corrected chi connectivity index (χ2v) is 12.3. The number of benzene rings is 3. The summed E-state index contributed by atoms with van der Waals surface area (Å²) in [6.07, 6.45) is 16.6. The zero-order valence-electron chi connectivity index (χ0n) is 24.7. The maximum atomic E-state index is 15.4. The molecule has 0 aromatic heterocycles. The summed E-state index contributed by atoms with van der Waals surface area (Å²) >= 11 is 0. The van der Waals surface area contributed by atoms with E-state index in [1.54, 1.807) is 48.5 Å². The maximum absolute atomic E-state index is 15.4. The first-order valence-electron chi connectivity index (χ1n) is 15.8. The van der Waals surface area contributed by atoms with Gasteiger partial charge in [0.05, 0.1) is 0 Å². The molecule has 0 N–H and O–H groups in total. The van der Waals surface area contributed by atoms with Gasteiger partial charge < -0.3 is 0 Å². The Morgan fingerprint density at radius 1 is 0.714 bits per heavy atom. The Bertz CT molecular complexity index is 1410. The van der Waals surface area contributed by atoms with E-state index in [0.29, 0.717) is 34.6 Å². The number of rotatable bonds is 10. The number of hydrogen-bond donors (Lipinski definition) is 0. The summed E-state index contributed by atoms with van der Waals surface area (Å²) in [5, 5.41) is 0. The van der Waals surface area contributed by atoms with Crippen LogP contribution in [0, 0.1) is 41.0 Å². The molecule has 3 aromatic carbocycles. The zero-order valence-corrected chi connectivity index (χ0v) is 24.7. The van der Waals surface area contributed by atoms with Gasteiger partial charge in [0.1, 0.15) is 0 Å². The van der Waals surface area contributed by atoms with Crippen molar-refractivity contribution in [1.82, 2.24) is 0 Å². The van der Waals surface area contributed by atoms with Gasteiger partial charge in [-0.15, -0.1) is 6.58 Å². The molecule has 222 valence electrons. The van der Waals surface area contributed by atoms with Gasteiger partial charge in [0.25, 0.3) is 0 Å². The van der Waals surface area contributed by atoms with E-state index in [1.807, 2.05) is 13.0 Å². The predicted molar refractivity (Wildman–Crippen MR) is 166 cm³/mol. The van der Waals surface area contributed by atoms with Crippen molar-refractivity contribution >= 4 is 5.57 Å². The SMILES string of the molecule is C=CCCC1CCC(C2CC=C(c3ccc(-c4ccc(-c5ccc(CCCC)c(F)c5F)cc4)c(F)c3F)CC2)CC1. The van der Waals surface area contributed by atoms with Crippen LogP contribution in [0.5, 0.6) is 0 Å². The first-order chi connectivity index (χ1) is 20.4. The fraction of sp³-hybridized carbons (Fsp3) is 0.421. The summed E-state index contributed by atoms with van der Waals surface area (Å²) in [6, 6.07) is 13.0. The molecule has 42 heavy (non-hydrogen) atoms. The Balaban J connectivity index is 1.26. The average molecular weight is 575 g/mol. The van der Waals surface area contributed by atoms with Crippen LogP contribution in [-0.2, 0) is 6.42 Å². The fourth-order valence-electron chi connectivity index (χ4n) is 7.05. The van der Waals surface area contributed by atoms with Crippen LogP contribution in [0.4, 0.5) is 17.6 Å². The van der Waals surface area contributed by atoms with E-state index in [4.69, 9.17) is 0 Å². The van der Waals surface area contributed by atoms with Crippen molar-refractivity contribution in [3.8, 4) is 22.3 Å². The number of hydrogen-bond acceptors (Lipinski definition) is 0. The highest BCUT2D eigenvalue weighted by molar-refractivity contribution is 5.74. The normalized spacial score (nSPS) is 20.8. The molecule has 1 atom stereocenters. The number of halogens is 4. The molecule has 0 saturated heterocycles. The van der Waals surface area contributed by atoms with Gasteiger partial charge in [0.2, 0.25) is 0 Å². The Kier molecular flexibility index (Phi) is 10.0. The highest BCUT2D eigenvalue weighted by Gasteiger charge is 2.29. The molecule has 1 unspecified atom stereocenters. The topological polar surface area (TPSA) is 0 Å². The van der Waals surface area contributed by atoms with Crippen LogP contribution >= 0.6 is 0 Å². The molecule has 3 aromatic rings. The van der Waals surface area contributed by atoms with Gasteiger partial charge in [0, 0.05) is 16.7 Å². The van der Waals surface area contributed by atoms with E-state index in [2.05, 4.69) is 12.7 Å². The van der Waals surface area contributed by atoms with Crippen LogP contribution in [-0.4, -0.2) is 0 Å². The van der Waals surface area contributed by atoms with Crippen molar-refractivity contribution in [1.29, 1.82) is 0 Å². The molecule has 0 heterocycles. The van der Waals surface area contributed by atoms with Crippen LogP contribution in [0.3, 0.4) is 0 Å². The molecule has 5 rings (SSSR count). The minimum Gasteiger partial charge on any atom is -0.203 e. The van der Waals surface area contributed by atoms with Gasteiger partial charge >= 0.3 is 0 Å². The van der Waals surface area contributed by atoms with Gasteiger partial charge in [-0.3, -0.25) is 0 Å². The molecular weight excluding hydrogens is 532 g/mol. The molecule has 0 bridgehead atoms. The summed E-state index contributed by atoms with van der Waals surface area (Å²) < 4.78 is 60.2. The molecule has 0 radical (unpaired) electrons. The summed E-state index contributed by atoms with van der Waals surface area (Å²) in [6.45, 7) is 5.85. The van der Waals surface area contributed by atoms with Gasteiger partial charge in [-0.2, -0.15) is 0 Å². The fourth-order valence-corrected chi connectivity index (χ4v) is 7.05. The molecule has 0 aliphatic heterocycles. The van der Waals surface area contributed by atoms with Crippen molar-refractivity contribution in [2.45, 2.75) is 84.0 Å². The number of allylic oxidation sites excluding steroid dienone is 3. The van der Waals surface area contributed by atoms with Gasteiger partial charge in [-0.05, 0) is 97.8 Å². The van der Waals surface area contributed by atoms with Gasteiger partial charge in [-0.25, -0.2) is 17.6 Å². The van der Waals surface area contributed by atoms with Crippen molar-refractivity contribution < 1.29 is 17.6 Å². The summed E-state index contributed by atoms with van der Waals surface area (Å²) in [7, 11) is 0. The summed E-state index contributed by atoms with van der Waals surface area (Å²) in [5.74, 6) is -1.20. The summed E-state index contributed by atoms with van der Waals surface area (Å²) in [5.41, 5.74) is 2.91. The average Bonchev–Trinajstić information content (AvgIpc) is 3.03. The van der Waals surface area contributed by atoms with E-state index >= 15 is 8.78 Å². The molecule has 1 saturated carbocycles. The highest BCUT2D eigenvalue weighted by atomic mass is 19.2. The Hall–Kier alpha value is -3.14. The first kappa shape index (κ1) is 30.3. The van der Waals surface area contributed by atoms with E-state index in [1.165, 1.54) is 32.1 Å². The third-order valence-corrected chi connectivity index (χ3v) is 9.69. The number of aryl methyl sites for hydroxylation is 1. The minimum atomic E-state index is -0.878. The largest absolute Gasteiger partial charge is 0.203 e. The lowest BCUT2D eigenvalue weighted by Gasteiger charge is -2.35. The lowest BCUT2D eigenvalue weighted by Crippen LogP contribution is -2.23. The standard InChI is InChI=1S/C38H42F4/c1-3-5-7-25-9-11-26(12-10-25)27-13-15-28(16-14-27)33-23-24-34(38(42)37(33)41)30-19-17-29(18-20-30)32-22-21-31(8-6-4-2)35(39)36(32)40/h3,15,17-27H,1,4-14,16H2,2H3. The zero-order chi connectivity index (χ0) is 29.6. The van der Waals surface area contributed by atoms with Crippen LogP contribution in [0.15, 0.2) is 67.3 Å². The van der Waals surface area contributed by atoms with Crippen molar-refractivity contribution in [2.24, 2.45) is 17.8 Å². The number of unbranched alkanes of at least 4 members (excludes halogenated alkanes) is 1. The lowest BCUT2D eigenvalue weighted by atomic mass is 9.70.